The SMILES string of the molecule is Cc1cccc(C(NC(=O)C(=O)c2ccc(Cl)s2)C(F)(F)F)c1. The fraction of sp³-hybridized carbons (Fsp3) is 0.200. The molecule has 1 heterocycles. The molecule has 0 aliphatic rings. The fourth-order valence-corrected chi connectivity index (χ4v) is 2.93. The van der Waals surface area contributed by atoms with Gasteiger partial charge in [-0.3, -0.25) is 9.59 Å². The molecule has 0 aliphatic carbocycles. The van der Waals surface area contributed by atoms with Gasteiger partial charge in [-0.2, -0.15) is 13.2 Å². The molecule has 0 saturated carbocycles. The summed E-state index contributed by atoms with van der Waals surface area (Å²) in [6.07, 6.45) is -4.73. The summed E-state index contributed by atoms with van der Waals surface area (Å²) in [4.78, 5) is 23.7. The van der Waals surface area contributed by atoms with E-state index in [0.717, 1.165) is 11.3 Å². The molecule has 2 aromatic rings. The van der Waals surface area contributed by atoms with Crippen LogP contribution in [0.4, 0.5) is 13.2 Å². The molecule has 2 rings (SSSR count). The first-order valence-electron chi connectivity index (χ1n) is 6.42. The minimum Gasteiger partial charge on any atom is -0.334 e. The molecule has 23 heavy (non-hydrogen) atoms. The molecule has 0 fully saturated rings. The standard InChI is InChI=1S/C15H11ClF3NO2S/c1-8-3-2-4-9(7-8)13(15(17,18)19)20-14(22)12(21)10-5-6-11(16)23-10/h2-7,13H,1H3,(H,20,22). The smallest absolute Gasteiger partial charge is 0.334 e. The zero-order valence-corrected chi connectivity index (χ0v) is 13.4. The maximum absolute atomic E-state index is 13.2. The highest BCUT2D eigenvalue weighted by atomic mass is 35.5. The first-order chi connectivity index (χ1) is 10.7. The van der Waals surface area contributed by atoms with Crippen LogP contribution in [0.3, 0.4) is 0 Å². The first kappa shape index (κ1) is 17.5. The molecule has 0 saturated heterocycles. The van der Waals surface area contributed by atoms with E-state index in [1.54, 1.807) is 18.3 Å². The number of carbonyl (C=O) groups excluding carboxylic acids is 2. The zero-order valence-electron chi connectivity index (χ0n) is 11.8. The van der Waals surface area contributed by atoms with Gasteiger partial charge in [-0.05, 0) is 24.6 Å². The van der Waals surface area contributed by atoms with Gasteiger partial charge >= 0.3 is 6.18 Å². The van der Waals surface area contributed by atoms with Crippen LogP contribution in [-0.2, 0) is 4.79 Å². The van der Waals surface area contributed by atoms with Crippen LogP contribution in [0.2, 0.25) is 4.34 Å². The van der Waals surface area contributed by atoms with Gasteiger partial charge in [0.25, 0.3) is 11.7 Å². The lowest BCUT2D eigenvalue weighted by atomic mass is 10.0. The predicted molar refractivity (Wildman–Crippen MR) is 81.8 cm³/mol. The summed E-state index contributed by atoms with van der Waals surface area (Å²) in [5.74, 6) is -2.38. The molecule has 122 valence electrons. The number of amides is 1. The number of carbonyl (C=O) groups is 2. The van der Waals surface area contributed by atoms with E-state index in [9.17, 15) is 22.8 Å². The molecule has 1 atom stereocenters. The predicted octanol–water partition coefficient (Wildman–Crippen LogP) is 4.31. The number of halogens is 4. The van der Waals surface area contributed by atoms with Gasteiger partial charge in [0.15, 0.2) is 6.04 Å². The van der Waals surface area contributed by atoms with Crippen LogP contribution in [0, 0.1) is 6.92 Å². The van der Waals surface area contributed by atoms with Crippen molar-refractivity contribution in [1.29, 1.82) is 0 Å². The Balaban J connectivity index is 2.25. The van der Waals surface area contributed by atoms with Crippen molar-refractivity contribution in [2.75, 3.05) is 0 Å². The number of Topliss-reactive ketones (excluding diaryl/α,β-unsaturated/α-hetero) is 1. The lowest BCUT2D eigenvalue weighted by Gasteiger charge is -2.22. The average Bonchev–Trinajstić information content (AvgIpc) is 2.89. The van der Waals surface area contributed by atoms with E-state index in [0.29, 0.717) is 5.56 Å². The Morgan fingerprint density at radius 1 is 1.22 bits per heavy atom. The molecular formula is C15H11ClF3NO2S. The van der Waals surface area contributed by atoms with Crippen LogP contribution >= 0.6 is 22.9 Å². The van der Waals surface area contributed by atoms with Gasteiger partial charge in [-0.25, -0.2) is 0 Å². The minimum atomic E-state index is -4.73. The molecule has 3 nitrogen and oxygen atoms in total. The fourth-order valence-electron chi connectivity index (χ4n) is 1.95. The van der Waals surface area contributed by atoms with Gasteiger partial charge in [-0.1, -0.05) is 41.4 Å². The maximum Gasteiger partial charge on any atom is 0.412 e. The summed E-state index contributed by atoms with van der Waals surface area (Å²) in [5, 5.41) is 1.76. The third kappa shape index (κ3) is 4.33. The second-order valence-electron chi connectivity index (χ2n) is 4.80. The Kier molecular flexibility index (Phi) is 5.11. The van der Waals surface area contributed by atoms with E-state index in [2.05, 4.69) is 0 Å². The number of hydrogen-bond acceptors (Lipinski definition) is 3. The Bertz CT molecular complexity index is 742. The van der Waals surface area contributed by atoms with E-state index in [1.807, 2.05) is 0 Å². The largest absolute Gasteiger partial charge is 0.412 e. The van der Waals surface area contributed by atoms with E-state index in [-0.39, 0.29) is 14.8 Å². The molecule has 1 N–H and O–H groups in total. The molecule has 1 unspecified atom stereocenters. The maximum atomic E-state index is 13.2. The van der Waals surface area contributed by atoms with Gasteiger partial charge in [0.05, 0.1) is 9.21 Å². The van der Waals surface area contributed by atoms with Gasteiger partial charge in [0, 0.05) is 0 Å². The van der Waals surface area contributed by atoms with E-state index in [4.69, 9.17) is 11.6 Å². The van der Waals surface area contributed by atoms with Crippen LogP contribution in [0.1, 0.15) is 26.8 Å². The quantitative estimate of drug-likeness (QED) is 0.651. The van der Waals surface area contributed by atoms with Crippen molar-refractivity contribution < 1.29 is 22.8 Å². The number of thiophene rings is 1. The summed E-state index contributed by atoms with van der Waals surface area (Å²) in [5.41, 5.74) is 0.477. The molecular weight excluding hydrogens is 351 g/mol. The summed E-state index contributed by atoms with van der Waals surface area (Å²) < 4.78 is 39.9. The molecule has 8 heteroatoms. The Morgan fingerprint density at radius 2 is 1.91 bits per heavy atom. The normalized spacial score (nSPS) is 12.7. The van der Waals surface area contributed by atoms with E-state index < -0.39 is 23.9 Å². The van der Waals surface area contributed by atoms with Crippen molar-refractivity contribution in [2.24, 2.45) is 0 Å². The third-order valence-electron chi connectivity index (χ3n) is 2.98. The van der Waals surface area contributed by atoms with Gasteiger partial charge in [0.1, 0.15) is 0 Å². The monoisotopic (exact) mass is 361 g/mol. The van der Waals surface area contributed by atoms with Crippen molar-refractivity contribution >= 4 is 34.6 Å². The van der Waals surface area contributed by atoms with Crippen molar-refractivity contribution in [2.45, 2.75) is 19.1 Å². The molecule has 0 spiro atoms. The minimum absolute atomic E-state index is 0.0160. The van der Waals surface area contributed by atoms with Crippen LogP contribution in [0.15, 0.2) is 36.4 Å². The second-order valence-corrected chi connectivity index (χ2v) is 6.51. The topological polar surface area (TPSA) is 46.2 Å². The lowest BCUT2D eigenvalue weighted by Crippen LogP contribution is -2.41. The first-order valence-corrected chi connectivity index (χ1v) is 7.61. The van der Waals surface area contributed by atoms with Crippen molar-refractivity contribution in [3.05, 3.63) is 56.7 Å². The Hall–Kier alpha value is -1.86. The van der Waals surface area contributed by atoms with Crippen molar-refractivity contribution in [3.63, 3.8) is 0 Å². The number of aryl methyl sites for hydroxylation is 1. The van der Waals surface area contributed by atoms with Gasteiger partial charge in [0.2, 0.25) is 0 Å². The summed E-state index contributed by atoms with van der Waals surface area (Å²) in [6.45, 7) is 1.64. The molecule has 1 aromatic heterocycles. The van der Waals surface area contributed by atoms with Crippen LogP contribution in [0.25, 0.3) is 0 Å². The number of benzene rings is 1. The Morgan fingerprint density at radius 3 is 2.43 bits per heavy atom. The highest BCUT2D eigenvalue weighted by Crippen LogP contribution is 2.33. The molecule has 0 radical (unpaired) electrons. The lowest BCUT2D eigenvalue weighted by molar-refractivity contribution is -0.162. The third-order valence-corrected chi connectivity index (χ3v) is 4.21. The number of rotatable bonds is 4. The number of ketones is 1. The summed E-state index contributed by atoms with van der Waals surface area (Å²) in [7, 11) is 0. The molecule has 1 aromatic carbocycles. The summed E-state index contributed by atoms with van der Waals surface area (Å²) in [6, 6.07) is 6.09. The highest BCUT2D eigenvalue weighted by molar-refractivity contribution is 7.18. The van der Waals surface area contributed by atoms with Crippen molar-refractivity contribution in [3.8, 4) is 0 Å². The van der Waals surface area contributed by atoms with Crippen molar-refractivity contribution in [1.82, 2.24) is 5.32 Å². The second kappa shape index (κ2) is 6.72. The molecule has 0 bridgehead atoms. The van der Waals surface area contributed by atoms with Crippen LogP contribution in [0.5, 0.6) is 0 Å². The molecule has 1 amide bonds. The van der Waals surface area contributed by atoms with E-state index >= 15 is 0 Å². The highest BCUT2D eigenvalue weighted by Gasteiger charge is 2.42. The summed E-state index contributed by atoms with van der Waals surface area (Å²) >= 11 is 6.49. The number of nitrogens with one attached hydrogen (secondary N) is 1. The molecule has 0 aliphatic heterocycles. The Labute approximate surface area is 139 Å². The van der Waals surface area contributed by atoms with E-state index in [1.165, 1.54) is 30.3 Å². The average molecular weight is 362 g/mol. The zero-order chi connectivity index (χ0) is 17.2. The number of hydrogen-bond donors (Lipinski definition) is 1. The number of alkyl halides is 3. The van der Waals surface area contributed by atoms with Gasteiger partial charge < -0.3 is 5.32 Å². The van der Waals surface area contributed by atoms with Crippen LogP contribution < -0.4 is 5.32 Å². The van der Waals surface area contributed by atoms with Gasteiger partial charge in [-0.15, -0.1) is 11.3 Å². The van der Waals surface area contributed by atoms with Crippen LogP contribution in [-0.4, -0.2) is 17.9 Å².